The Morgan fingerprint density at radius 3 is 2.00 bits per heavy atom. The number of allylic oxidation sites excluding steroid dienone is 1. The third-order valence-corrected chi connectivity index (χ3v) is 3.54. The Kier molecular flexibility index (Phi) is 14.5. The summed E-state index contributed by atoms with van der Waals surface area (Å²) < 4.78 is 5.54. The van der Waals surface area contributed by atoms with Crippen molar-refractivity contribution in [1.82, 2.24) is 0 Å². The maximum atomic E-state index is 5.54. The van der Waals surface area contributed by atoms with Gasteiger partial charge in [0, 0.05) is 7.11 Å². The summed E-state index contributed by atoms with van der Waals surface area (Å²) in [5.41, 5.74) is 0. The lowest BCUT2D eigenvalue weighted by atomic mass is 10.0. The summed E-state index contributed by atoms with van der Waals surface area (Å²) in [4.78, 5) is 0. The van der Waals surface area contributed by atoms with Crippen molar-refractivity contribution in [3.05, 3.63) is 19.6 Å². The molecule has 1 nitrogen and oxygen atoms in total. The quantitative estimate of drug-likeness (QED) is 0.285. The molecule has 1 unspecified atom stereocenters. The van der Waals surface area contributed by atoms with E-state index in [0.717, 1.165) is 12.8 Å². The van der Waals surface area contributed by atoms with Crippen LogP contribution in [0.2, 0.25) is 0 Å². The van der Waals surface area contributed by atoms with E-state index in [-0.39, 0.29) is 0 Å². The summed E-state index contributed by atoms with van der Waals surface area (Å²) in [6.07, 6.45) is 17.8. The topological polar surface area (TPSA) is 9.23 Å². The average Bonchev–Trinajstić information content (AvgIpc) is 2.40. The fraction of sp³-hybridized carbons (Fsp3) is 0.824. The first-order valence-electron chi connectivity index (χ1n) is 7.78. The van der Waals surface area contributed by atoms with Crippen molar-refractivity contribution < 1.29 is 4.74 Å². The number of ether oxygens (including phenoxy) is 1. The average molecular weight is 253 g/mol. The number of unbranched alkanes of at least 4 members (excludes halogenated alkanes) is 8. The molecule has 1 radical (unpaired) electrons. The summed E-state index contributed by atoms with van der Waals surface area (Å²) in [7, 11) is 1.85. The second kappa shape index (κ2) is 14.8. The highest BCUT2D eigenvalue weighted by Crippen LogP contribution is 2.15. The van der Waals surface area contributed by atoms with E-state index in [1.165, 1.54) is 64.2 Å². The molecule has 0 spiro atoms. The van der Waals surface area contributed by atoms with Crippen LogP contribution in [0.3, 0.4) is 0 Å². The maximum absolute atomic E-state index is 5.54. The minimum Gasteiger partial charge on any atom is -0.381 e. The van der Waals surface area contributed by atoms with Crippen LogP contribution < -0.4 is 0 Å². The highest BCUT2D eigenvalue weighted by Gasteiger charge is 2.06. The zero-order valence-electron chi connectivity index (χ0n) is 12.5. The van der Waals surface area contributed by atoms with E-state index in [9.17, 15) is 0 Å². The van der Waals surface area contributed by atoms with Gasteiger partial charge < -0.3 is 4.74 Å². The minimum atomic E-state index is 0.481. The Morgan fingerprint density at radius 1 is 0.889 bits per heavy atom. The molecule has 0 saturated heterocycles. The Morgan fingerprint density at radius 2 is 1.44 bits per heavy atom. The summed E-state index contributed by atoms with van der Waals surface area (Å²) in [6.45, 7) is 7.63. The lowest BCUT2D eigenvalue weighted by molar-refractivity contribution is 0.0834. The van der Waals surface area contributed by atoms with Gasteiger partial charge >= 0.3 is 0 Å². The highest BCUT2D eigenvalue weighted by molar-refractivity contribution is 4.67. The van der Waals surface area contributed by atoms with Crippen molar-refractivity contribution in [2.75, 3.05) is 7.11 Å². The first-order valence-corrected chi connectivity index (χ1v) is 7.78. The third kappa shape index (κ3) is 12.2. The lowest BCUT2D eigenvalue weighted by Crippen LogP contribution is -2.10. The standard InChI is InChI=1S/C17H33O/c1-4-6-8-10-11-12-14-16-17(18-3)15-13-9-7-5-2/h5,17H,1-2,4,6-16H2,3H3. The molecule has 0 aromatic rings. The van der Waals surface area contributed by atoms with Crippen molar-refractivity contribution in [2.24, 2.45) is 0 Å². The Labute approximate surface area is 115 Å². The molecule has 0 heterocycles. The van der Waals surface area contributed by atoms with Crippen molar-refractivity contribution in [2.45, 2.75) is 83.2 Å². The van der Waals surface area contributed by atoms with Gasteiger partial charge in [-0.3, -0.25) is 0 Å². The summed E-state index contributed by atoms with van der Waals surface area (Å²) >= 11 is 0. The minimum absolute atomic E-state index is 0.481. The van der Waals surface area contributed by atoms with Crippen LogP contribution in [-0.4, -0.2) is 13.2 Å². The van der Waals surface area contributed by atoms with E-state index in [0.29, 0.717) is 6.10 Å². The van der Waals surface area contributed by atoms with Crippen LogP contribution in [0.4, 0.5) is 0 Å². The van der Waals surface area contributed by atoms with E-state index in [1.807, 2.05) is 13.2 Å². The van der Waals surface area contributed by atoms with Crippen molar-refractivity contribution in [3.8, 4) is 0 Å². The fourth-order valence-electron chi connectivity index (χ4n) is 2.30. The van der Waals surface area contributed by atoms with Gasteiger partial charge in [0.25, 0.3) is 0 Å². The Bertz CT molecular complexity index is 165. The van der Waals surface area contributed by atoms with Crippen LogP contribution in [0.15, 0.2) is 12.7 Å². The van der Waals surface area contributed by atoms with E-state index >= 15 is 0 Å². The molecule has 0 rings (SSSR count). The first kappa shape index (κ1) is 17.7. The molecular weight excluding hydrogens is 220 g/mol. The molecule has 0 bridgehead atoms. The predicted octanol–water partition coefficient (Wildman–Crippen LogP) is 5.70. The van der Waals surface area contributed by atoms with Crippen LogP contribution in [0.25, 0.3) is 0 Å². The summed E-state index contributed by atoms with van der Waals surface area (Å²) in [6, 6.07) is 0. The molecule has 1 atom stereocenters. The fourth-order valence-corrected chi connectivity index (χ4v) is 2.30. The van der Waals surface area contributed by atoms with Gasteiger partial charge in [-0.1, -0.05) is 64.4 Å². The molecular formula is C17H33O. The maximum Gasteiger partial charge on any atom is 0.0571 e. The van der Waals surface area contributed by atoms with E-state index in [4.69, 9.17) is 4.74 Å². The van der Waals surface area contributed by atoms with Gasteiger partial charge in [-0.25, -0.2) is 0 Å². The second-order valence-electron chi connectivity index (χ2n) is 5.19. The van der Waals surface area contributed by atoms with Gasteiger partial charge in [0.05, 0.1) is 6.10 Å². The van der Waals surface area contributed by atoms with Gasteiger partial charge in [0.1, 0.15) is 0 Å². The van der Waals surface area contributed by atoms with Gasteiger partial charge in [-0.05, 0) is 25.7 Å². The van der Waals surface area contributed by atoms with Crippen LogP contribution in [0, 0.1) is 6.92 Å². The normalized spacial score (nSPS) is 12.6. The zero-order valence-corrected chi connectivity index (χ0v) is 12.5. The van der Waals surface area contributed by atoms with Crippen LogP contribution in [0.5, 0.6) is 0 Å². The van der Waals surface area contributed by atoms with E-state index in [2.05, 4.69) is 13.5 Å². The van der Waals surface area contributed by atoms with E-state index < -0.39 is 0 Å². The molecule has 1 heteroatoms. The van der Waals surface area contributed by atoms with Crippen LogP contribution in [-0.2, 0) is 4.74 Å². The first-order chi connectivity index (χ1) is 8.85. The van der Waals surface area contributed by atoms with Gasteiger partial charge in [-0.15, -0.1) is 6.58 Å². The molecule has 0 aromatic heterocycles. The van der Waals surface area contributed by atoms with Gasteiger partial charge in [-0.2, -0.15) is 0 Å². The number of hydrogen-bond donors (Lipinski definition) is 0. The highest BCUT2D eigenvalue weighted by atomic mass is 16.5. The van der Waals surface area contributed by atoms with Crippen LogP contribution >= 0.6 is 0 Å². The van der Waals surface area contributed by atoms with Gasteiger partial charge in [0.15, 0.2) is 0 Å². The molecule has 0 aromatic carbocycles. The second-order valence-corrected chi connectivity index (χ2v) is 5.19. The molecule has 0 aliphatic rings. The van der Waals surface area contributed by atoms with E-state index in [1.54, 1.807) is 0 Å². The molecule has 0 aliphatic heterocycles. The Balaban J connectivity index is 3.30. The smallest absolute Gasteiger partial charge is 0.0571 e. The van der Waals surface area contributed by atoms with Crippen molar-refractivity contribution in [3.63, 3.8) is 0 Å². The number of hydrogen-bond acceptors (Lipinski definition) is 1. The molecule has 107 valence electrons. The summed E-state index contributed by atoms with van der Waals surface area (Å²) in [5.74, 6) is 0. The number of methoxy groups -OCH3 is 1. The molecule has 0 fully saturated rings. The largest absolute Gasteiger partial charge is 0.381 e. The molecule has 0 amide bonds. The van der Waals surface area contributed by atoms with Crippen molar-refractivity contribution in [1.29, 1.82) is 0 Å². The lowest BCUT2D eigenvalue weighted by Gasteiger charge is -2.14. The molecule has 18 heavy (non-hydrogen) atoms. The predicted molar refractivity (Wildman–Crippen MR) is 81.8 cm³/mol. The summed E-state index contributed by atoms with van der Waals surface area (Å²) in [5, 5.41) is 0. The molecule has 0 aliphatic carbocycles. The molecule has 0 N–H and O–H groups in total. The number of rotatable bonds is 14. The monoisotopic (exact) mass is 253 g/mol. The van der Waals surface area contributed by atoms with Crippen molar-refractivity contribution >= 4 is 0 Å². The van der Waals surface area contributed by atoms with Gasteiger partial charge in [0.2, 0.25) is 0 Å². The third-order valence-electron chi connectivity index (χ3n) is 3.54. The Hall–Kier alpha value is -0.300. The molecule has 0 saturated carbocycles. The van der Waals surface area contributed by atoms with Crippen LogP contribution in [0.1, 0.15) is 77.0 Å². The SMILES string of the molecule is [CH2]CCCCCCCCC(CCCCC=C)OC. The zero-order chi connectivity index (χ0) is 13.5.